The van der Waals surface area contributed by atoms with E-state index in [0.717, 1.165) is 30.5 Å². The predicted molar refractivity (Wildman–Crippen MR) is 131 cm³/mol. The number of hydrogen-bond donors (Lipinski definition) is 4. The number of aromatic nitrogens is 4. The Morgan fingerprint density at radius 1 is 1.26 bits per heavy atom. The fourth-order valence-corrected chi connectivity index (χ4v) is 4.13. The number of H-pyrrole nitrogens is 1. The molecule has 0 aliphatic carbocycles. The second kappa shape index (κ2) is 9.10. The number of amides is 1. The molecular weight excluding hydrogens is 449 g/mol. The summed E-state index contributed by atoms with van der Waals surface area (Å²) in [6.07, 6.45) is 2.68. The molecule has 10 heteroatoms. The number of nitrogens with one attached hydrogen (secondary N) is 4. The van der Waals surface area contributed by atoms with Crippen LogP contribution in [0.15, 0.2) is 41.1 Å². The second-order valence-corrected chi connectivity index (χ2v) is 9.80. The number of fused-ring (bicyclic) bond motifs is 1. The highest BCUT2D eigenvalue weighted by Gasteiger charge is 2.23. The Labute approximate surface area is 201 Å². The minimum absolute atomic E-state index is 0.0294. The second-order valence-electron chi connectivity index (χ2n) is 9.80. The van der Waals surface area contributed by atoms with Gasteiger partial charge in [0.2, 0.25) is 0 Å². The van der Waals surface area contributed by atoms with Gasteiger partial charge in [0.1, 0.15) is 11.6 Å². The molecule has 0 bridgehead atoms. The number of pyridine rings is 1. The molecule has 4 heterocycles. The van der Waals surface area contributed by atoms with Crippen LogP contribution in [0.4, 0.5) is 10.2 Å². The van der Waals surface area contributed by atoms with E-state index in [0.29, 0.717) is 28.4 Å². The van der Waals surface area contributed by atoms with E-state index >= 15 is 4.39 Å². The number of aromatic amines is 1. The van der Waals surface area contributed by atoms with Crippen molar-refractivity contribution in [3.05, 3.63) is 59.4 Å². The monoisotopic (exact) mass is 477 g/mol. The van der Waals surface area contributed by atoms with Crippen LogP contribution >= 0.6 is 0 Å². The Morgan fingerprint density at radius 3 is 2.83 bits per heavy atom. The first-order chi connectivity index (χ1) is 16.8. The Balaban J connectivity index is 1.34. The molecule has 1 aromatic carbocycles. The zero-order valence-electron chi connectivity index (χ0n) is 19.9. The summed E-state index contributed by atoms with van der Waals surface area (Å²) in [6, 6.07) is 8.72. The van der Waals surface area contributed by atoms with Crippen LogP contribution in [0.2, 0.25) is 0 Å². The number of benzene rings is 1. The average Bonchev–Trinajstić information content (AvgIpc) is 3.59. The lowest BCUT2D eigenvalue weighted by Crippen LogP contribution is -2.23. The van der Waals surface area contributed by atoms with Gasteiger partial charge in [0.05, 0.1) is 5.39 Å². The SMILES string of the molecule is CC(C)(C)c1cc(C(=O)NCc2ccc(-c3ccnc4[nH]nc(N[C@@H]5CCNC5)c34)cc2F)no1. The molecule has 4 N–H and O–H groups in total. The first kappa shape index (κ1) is 23.0. The molecular formula is C25H28FN7O2. The maximum absolute atomic E-state index is 15.1. The maximum Gasteiger partial charge on any atom is 0.273 e. The molecule has 1 saturated heterocycles. The molecule has 0 spiro atoms. The van der Waals surface area contributed by atoms with Crippen molar-refractivity contribution in [1.29, 1.82) is 0 Å². The van der Waals surface area contributed by atoms with Crippen LogP contribution in [0.25, 0.3) is 22.2 Å². The molecule has 1 aliphatic heterocycles. The van der Waals surface area contributed by atoms with Crippen LogP contribution in [0.5, 0.6) is 0 Å². The summed E-state index contributed by atoms with van der Waals surface area (Å²) in [6.45, 7) is 7.76. The van der Waals surface area contributed by atoms with E-state index in [1.54, 1.807) is 18.3 Å². The van der Waals surface area contributed by atoms with Crippen molar-refractivity contribution in [1.82, 2.24) is 31.0 Å². The summed E-state index contributed by atoms with van der Waals surface area (Å²) in [5, 5.41) is 21.5. The number of carbonyl (C=O) groups is 1. The highest BCUT2D eigenvalue weighted by molar-refractivity contribution is 6.00. The minimum atomic E-state index is -0.418. The zero-order valence-corrected chi connectivity index (χ0v) is 19.9. The van der Waals surface area contributed by atoms with Gasteiger partial charge in [-0.25, -0.2) is 9.37 Å². The number of rotatable bonds is 6. The minimum Gasteiger partial charge on any atom is -0.364 e. The molecule has 0 saturated carbocycles. The molecule has 0 unspecified atom stereocenters. The van der Waals surface area contributed by atoms with E-state index in [1.807, 2.05) is 32.9 Å². The largest absolute Gasteiger partial charge is 0.364 e. The van der Waals surface area contributed by atoms with Gasteiger partial charge in [-0.1, -0.05) is 38.1 Å². The molecule has 4 aromatic rings. The maximum atomic E-state index is 15.1. The zero-order chi connectivity index (χ0) is 24.6. The van der Waals surface area contributed by atoms with Crippen molar-refractivity contribution in [2.24, 2.45) is 0 Å². The van der Waals surface area contributed by atoms with Crippen LogP contribution in [-0.4, -0.2) is 45.4 Å². The van der Waals surface area contributed by atoms with Crippen molar-refractivity contribution < 1.29 is 13.7 Å². The van der Waals surface area contributed by atoms with Gasteiger partial charge >= 0.3 is 0 Å². The van der Waals surface area contributed by atoms with E-state index in [-0.39, 0.29) is 23.7 Å². The van der Waals surface area contributed by atoms with Crippen LogP contribution in [0, 0.1) is 5.82 Å². The van der Waals surface area contributed by atoms with Crippen LogP contribution < -0.4 is 16.0 Å². The Morgan fingerprint density at radius 2 is 2.11 bits per heavy atom. The molecule has 1 fully saturated rings. The first-order valence-electron chi connectivity index (χ1n) is 11.6. The number of nitrogens with zero attached hydrogens (tertiary/aromatic N) is 3. The third kappa shape index (κ3) is 4.74. The summed E-state index contributed by atoms with van der Waals surface area (Å²) in [4.78, 5) is 16.8. The van der Waals surface area contributed by atoms with Crippen LogP contribution in [0.3, 0.4) is 0 Å². The van der Waals surface area contributed by atoms with Crippen molar-refractivity contribution in [3.63, 3.8) is 0 Å². The van der Waals surface area contributed by atoms with E-state index < -0.39 is 11.7 Å². The van der Waals surface area contributed by atoms with Gasteiger partial charge in [-0.15, -0.1) is 0 Å². The quantitative estimate of drug-likeness (QED) is 0.334. The van der Waals surface area contributed by atoms with E-state index in [1.165, 1.54) is 6.07 Å². The molecule has 1 amide bonds. The average molecular weight is 478 g/mol. The number of hydrogen-bond acceptors (Lipinski definition) is 7. The third-order valence-corrected chi connectivity index (χ3v) is 6.15. The van der Waals surface area contributed by atoms with E-state index in [9.17, 15) is 4.79 Å². The molecule has 9 nitrogen and oxygen atoms in total. The van der Waals surface area contributed by atoms with Gasteiger partial charge in [-0.3, -0.25) is 9.89 Å². The molecule has 1 atom stereocenters. The molecule has 3 aromatic heterocycles. The van der Waals surface area contributed by atoms with Crippen LogP contribution in [0.1, 0.15) is 49.0 Å². The summed E-state index contributed by atoms with van der Waals surface area (Å²) in [5.74, 6) is 0.482. The highest BCUT2D eigenvalue weighted by atomic mass is 19.1. The molecule has 182 valence electrons. The van der Waals surface area contributed by atoms with Gasteiger partial charge < -0.3 is 20.5 Å². The predicted octanol–water partition coefficient (Wildman–Crippen LogP) is 3.75. The third-order valence-electron chi connectivity index (χ3n) is 6.15. The summed E-state index contributed by atoms with van der Waals surface area (Å²) in [5.41, 5.74) is 2.44. The lowest BCUT2D eigenvalue weighted by atomic mass is 9.93. The van der Waals surface area contributed by atoms with Crippen molar-refractivity contribution in [2.45, 2.75) is 45.2 Å². The number of halogens is 1. The van der Waals surface area contributed by atoms with Crippen LogP contribution in [-0.2, 0) is 12.0 Å². The fourth-order valence-electron chi connectivity index (χ4n) is 4.13. The number of anilines is 1. The fraction of sp³-hybridized carbons (Fsp3) is 0.360. The molecule has 0 radical (unpaired) electrons. The van der Waals surface area contributed by atoms with Crippen molar-refractivity contribution in [3.8, 4) is 11.1 Å². The topological polar surface area (TPSA) is 121 Å². The Bertz CT molecular complexity index is 1370. The Kier molecular flexibility index (Phi) is 5.98. The van der Waals surface area contributed by atoms with Gasteiger partial charge in [0, 0.05) is 42.4 Å². The highest BCUT2D eigenvalue weighted by Crippen LogP contribution is 2.33. The van der Waals surface area contributed by atoms with Gasteiger partial charge in [-0.2, -0.15) is 5.10 Å². The molecule has 1 aliphatic rings. The number of carbonyl (C=O) groups excluding carboxylic acids is 1. The van der Waals surface area contributed by atoms with Crippen molar-refractivity contribution >= 4 is 22.8 Å². The lowest BCUT2D eigenvalue weighted by Gasteiger charge is -2.12. The summed E-state index contributed by atoms with van der Waals surface area (Å²) >= 11 is 0. The Hall–Kier alpha value is -3.79. The van der Waals surface area contributed by atoms with Gasteiger partial charge in [0.25, 0.3) is 5.91 Å². The summed E-state index contributed by atoms with van der Waals surface area (Å²) < 4.78 is 20.3. The van der Waals surface area contributed by atoms with E-state index in [4.69, 9.17) is 4.52 Å². The smallest absolute Gasteiger partial charge is 0.273 e. The van der Waals surface area contributed by atoms with Gasteiger partial charge in [0.15, 0.2) is 17.2 Å². The first-order valence-corrected chi connectivity index (χ1v) is 11.6. The molecule has 5 rings (SSSR count). The van der Waals surface area contributed by atoms with E-state index in [2.05, 4.69) is 36.3 Å². The molecule has 35 heavy (non-hydrogen) atoms. The standard InChI is InChI=1S/C25H28FN7O2/c1-25(2,3)20-11-19(33-35-20)24(34)29-12-15-5-4-14(10-18(15)26)17-7-9-28-22-21(17)23(32-31-22)30-16-6-8-27-13-16/h4-5,7,9-11,16,27H,6,8,12-13H2,1-3H3,(H,29,34)(H2,28,30,31,32)/t16-/m1/s1. The van der Waals surface area contributed by atoms with Crippen molar-refractivity contribution in [2.75, 3.05) is 18.4 Å². The normalized spacial score (nSPS) is 16.1. The summed E-state index contributed by atoms with van der Waals surface area (Å²) in [7, 11) is 0. The lowest BCUT2D eigenvalue weighted by molar-refractivity contribution is 0.0941. The van der Waals surface area contributed by atoms with Gasteiger partial charge in [-0.05, 0) is 36.2 Å².